The molecule has 0 bridgehead atoms. The molecule has 0 radical (unpaired) electrons. The number of hydrogen-bond donors (Lipinski definition) is 4. The van der Waals surface area contributed by atoms with E-state index in [0.29, 0.717) is 17.5 Å². The highest BCUT2D eigenvalue weighted by Crippen LogP contribution is 2.38. The van der Waals surface area contributed by atoms with Crippen molar-refractivity contribution in [2.24, 2.45) is 11.3 Å². The largest absolute Gasteiger partial charge is 0.353 e. The number of rotatable bonds is 4. The third kappa shape index (κ3) is 3.93. The van der Waals surface area contributed by atoms with Crippen LogP contribution >= 0.6 is 11.3 Å². The van der Waals surface area contributed by atoms with Gasteiger partial charge in [-0.2, -0.15) is 0 Å². The quantitative estimate of drug-likeness (QED) is 0.503. The number of H-pyrrole nitrogens is 1. The number of carbonyl (C=O) groups excluding carboxylic acids is 1. The molecule has 6 heteroatoms. The van der Waals surface area contributed by atoms with E-state index in [1.807, 2.05) is 12.1 Å². The van der Waals surface area contributed by atoms with Gasteiger partial charge in [0.15, 0.2) is 0 Å². The average molecular weight is 399 g/mol. The summed E-state index contributed by atoms with van der Waals surface area (Å²) in [5.74, 6) is -0.0655. The Kier molecular flexibility index (Phi) is 5.17. The lowest BCUT2D eigenvalue weighted by Gasteiger charge is -2.35. The van der Waals surface area contributed by atoms with Crippen molar-refractivity contribution in [3.05, 3.63) is 22.7 Å². The predicted molar refractivity (Wildman–Crippen MR) is 116 cm³/mol. The molecule has 2 fully saturated rings. The number of aromatic nitrogens is 1. The van der Waals surface area contributed by atoms with Crippen molar-refractivity contribution < 1.29 is 4.79 Å². The van der Waals surface area contributed by atoms with E-state index in [0.717, 1.165) is 52.9 Å². The van der Waals surface area contributed by atoms with Gasteiger partial charge < -0.3 is 21.1 Å². The summed E-state index contributed by atoms with van der Waals surface area (Å²) >= 11 is 1.49. The molecule has 2 heterocycles. The normalized spacial score (nSPS) is 23.1. The smallest absolute Gasteiger partial charge is 0.261 e. The van der Waals surface area contributed by atoms with Crippen molar-refractivity contribution >= 4 is 38.9 Å². The van der Waals surface area contributed by atoms with Gasteiger partial charge in [0, 0.05) is 17.7 Å². The van der Waals surface area contributed by atoms with E-state index in [1.165, 1.54) is 30.6 Å². The van der Waals surface area contributed by atoms with E-state index in [4.69, 9.17) is 10.8 Å². The number of fused-ring (bicyclic) bond motifs is 1. The van der Waals surface area contributed by atoms with Crippen LogP contribution in [0, 0.1) is 22.2 Å². The first-order valence-electron chi connectivity index (χ1n) is 10.4. The van der Waals surface area contributed by atoms with Gasteiger partial charge in [-0.1, -0.05) is 33.1 Å². The summed E-state index contributed by atoms with van der Waals surface area (Å²) in [6.07, 6.45) is 8.53. The van der Waals surface area contributed by atoms with Crippen LogP contribution in [0.3, 0.4) is 0 Å². The molecule has 0 aromatic carbocycles. The minimum atomic E-state index is -0.0881. The molecule has 4 rings (SSSR count). The van der Waals surface area contributed by atoms with Crippen molar-refractivity contribution in [1.82, 2.24) is 10.3 Å². The Morgan fingerprint density at radius 3 is 2.64 bits per heavy atom. The molecule has 5 nitrogen and oxygen atoms in total. The van der Waals surface area contributed by atoms with E-state index >= 15 is 0 Å². The van der Waals surface area contributed by atoms with Gasteiger partial charge in [-0.15, -0.1) is 11.3 Å². The molecule has 2 aromatic rings. The van der Waals surface area contributed by atoms with Crippen LogP contribution in [-0.4, -0.2) is 28.4 Å². The Hall–Kier alpha value is -1.95. The summed E-state index contributed by atoms with van der Waals surface area (Å²) in [6.45, 7) is 4.40. The van der Waals surface area contributed by atoms with Crippen molar-refractivity contribution in [1.29, 1.82) is 10.8 Å². The molecular weight excluding hydrogens is 368 g/mol. The molecule has 1 atom stereocenters. The summed E-state index contributed by atoms with van der Waals surface area (Å²) in [5.41, 5.74) is 3.06. The van der Waals surface area contributed by atoms with Crippen molar-refractivity contribution in [2.75, 3.05) is 0 Å². The molecule has 2 saturated carbocycles. The van der Waals surface area contributed by atoms with Crippen molar-refractivity contribution in [3.63, 3.8) is 0 Å². The van der Waals surface area contributed by atoms with Crippen LogP contribution in [0.2, 0.25) is 0 Å². The van der Waals surface area contributed by atoms with Gasteiger partial charge in [-0.3, -0.25) is 4.79 Å². The highest BCUT2D eigenvalue weighted by Gasteiger charge is 2.34. The molecule has 1 amide bonds. The van der Waals surface area contributed by atoms with Gasteiger partial charge >= 0.3 is 0 Å². The highest BCUT2D eigenvalue weighted by atomic mass is 32.1. The second-order valence-electron chi connectivity index (χ2n) is 9.25. The van der Waals surface area contributed by atoms with Gasteiger partial charge in [0.1, 0.15) is 0 Å². The lowest BCUT2D eigenvalue weighted by Crippen LogP contribution is -2.35. The molecule has 2 aliphatic carbocycles. The minimum Gasteiger partial charge on any atom is -0.353 e. The second-order valence-corrected chi connectivity index (χ2v) is 10.3. The monoisotopic (exact) mass is 398 g/mol. The molecule has 0 saturated heterocycles. The van der Waals surface area contributed by atoms with Gasteiger partial charge in [0.2, 0.25) is 0 Å². The third-order valence-corrected chi connectivity index (χ3v) is 7.39. The summed E-state index contributed by atoms with van der Waals surface area (Å²) in [7, 11) is 0. The van der Waals surface area contributed by atoms with Crippen LogP contribution in [0.1, 0.15) is 80.6 Å². The molecule has 0 aliphatic heterocycles. The first-order valence-corrected chi connectivity index (χ1v) is 11.2. The van der Waals surface area contributed by atoms with Crippen LogP contribution < -0.4 is 5.32 Å². The SMILES string of the molecule is CC1(C)CCC(C(=N)c2cc3sc(C(=O)NC4CCCCC4)cc3[nH]2)C(=N)C1. The first kappa shape index (κ1) is 19.4. The molecule has 0 spiro atoms. The molecule has 2 aromatic heterocycles. The zero-order valence-electron chi connectivity index (χ0n) is 16.8. The molecule has 1 unspecified atom stereocenters. The van der Waals surface area contributed by atoms with Gasteiger partial charge in [0.25, 0.3) is 5.91 Å². The van der Waals surface area contributed by atoms with E-state index in [1.54, 1.807) is 0 Å². The minimum absolute atomic E-state index is 0.0226. The van der Waals surface area contributed by atoms with Crippen LogP contribution in [0.15, 0.2) is 12.1 Å². The summed E-state index contributed by atoms with van der Waals surface area (Å²) in [6, 6.07) is 4.20. The van der Waals surface area contributed by atoms with Crippen molar-refractivity contribution in [2.45, 2.75) is 71.3 Å². The fourth-order valence-corrected chi connectivity index (χ4v) is 5.59. The van der Waals surface area contributed by atoms with Gasteiger partial charge in [-0.25, -0.2) is 0 Å². The van der Waals surface area contributed by atoms with E-state index in [9.17, 15) is 4.79 Å². The van der Waals surface area contributed by atoms with E-state index in [2.05, 4.69) is 24.1 Å². The van der Waals surface area contributed by atoms with Crippen LogP contribution in [0.25, 0.3) is 10.2 Å². The number of amides is 1. The second kappa shape index (κ2) is 7.47. The predicted octanol–water partition coefficient (Wildman–Crippen LogP) is 5.51. The zero-order chi connectivity index (χ0) is 19.9. The zero-order valence-corrected chi connectivity index (χ0v) is 17.6. The molecular formula is C22H30N4OS. The molecule has 4 N–H and O–H groups in total. The van der Waals surface area contributed by atoms with Gasteiger partial charge in [-0.05, 0) is 49.7 Å². The number of aromatic amines is 1. The summed E-state index contributed by atoms with van der Waals surface area (Å²) < 4.78 is 1.01. The molecule has 2 aliphatic rings. The Labute approximate surface area is 170 Å². The number of hydrogen-bond acceptors (Lipinski definition) is 4. The third-order valence-electron chi connectivity index (χ3n) is 6.31. The lowest BCUT2D eigenvalue weighted by atomic mass is 9.70. The number of thiophene rings is 1. The number of nitrogens with one attached hydrogen (secondary N) is 4. The maximum absolute atomic E-state index is 12.6. The Morgan fingerprint density at radius 2 is 1.96 bits per heavy atom. The fourth-order valence-electron chi connectivity index (χ4n) is 4.63. The maximum atomic E-state index is 12.6. The van der Waals surface area contributed by atoms with E-state index < -0.39 is 0 Å². The number of carbonyl (C=O) groups is 1. The standard InChI is InChI=1S/C22H30N4OS/c1-22(2)9-8-14(15(23)12-22)20(24)17-11-18-16(26-17)10-19(28-18)21(27)25-13-6-4-3-5-7-13/h10-11,13-14,23-24,26H,3-9,12H2,1-2H3,(H,25,27). The Balaban J connectivity index is 1.46. The first-order chi connectivity index (χ1) is 13.3. The topological polar surface area (TPSA) is 92.6 Å². The Morgan fingerprint density at radius 1 is 1.21 bits per heavy atom. The van der Waals surface area contributed by atoms with E-state index in [-0.39, 0.29) is 17.2 Å². The van der Waals surface area contributed by atoms with Crippen LogP contribution in [0.4, 0.5) is 0 Å². The molecule has 28 heavy (non-hydrogen) atoms. The fraction of sp³-hybridized carbons (Fsp3) is 0.591. The lowest BCUT2D eigenvalue weighted by molar-refractivity contribution is 0.0932. The summed E-state index contributed by atoms with van der Waals surface area (Å²) in [5, 5.41) is 20.2. The highest BCUT2D eigenvalue weighted by molar-refractivity contribution is 7.20. The van der Waals surface area contributed by atoms with Gasteiger partial charge in [0.05, 0.1) is 26.5 Å². The Bertz CT molecular complexity index is 885. The summed E-state index contributed by atoms with van der Waals surface area (Å²) in [4.78, 5) is 16.6. The molecule has 150 valence electrons. The van der Waals surface area contributed by atoms with Crippen LogP contribution in [-0.2, 0) is 0 Å². The average Bonchev–Trinajstić information content (AvgIpc) is 3.20. The maximum Gasteiger partial charge on any atom is 0.261 e. The van der Waals surface area contributed by atoms with Crippen LogP contribution in [0.5, 0.6) is 0 Å². The van der Waals surface area contributed by atoms with Crippen molar-refractivity contribution in [3.8, 4) is 0 Å².